The lowest BCUT2D eigenvalue weighted by Gasteiger charge is -2.02. The van der Waals surface area contributed by atoms with Crippen LogP contribution in [0.25, 0.3) is 0 Å². The van der Waals surface area contributed by atoms with Crippen LogP contribution in [0.2, 0.25) is 0 Å². The number of nitrogens with two attached hydrogens (primary N) is 1. The average molecular weight is 273 g/mol. The maximum absolute atomic E-state index is 11.6. The Hall–Kier alpha value is -3.09. The van der Waals surface area contributed by atoms with Crippen LogP contribution in [0.15, 0.2) is 52.2 Å². The molecule has 102 valence electrons. The molecule has 20 heavy (non-hydrogen) atoms. The molecule has 0 saturated carbocycles. The zero-order chi connectivity index (χ0) is 14.4. The quantitative estimate of drug-likeness (QED) is 0.381. The highest BCUT2D eigenvalue weighted by Crippen LogP contribution is 2.13. The van der Waals surface area contributed by atoms with Crippen molar-refractivity contribution in [1.29, 1.82) is 0 Å². The first kappa shape index (κ1) is 13.3. The lowest BCUT2D eigenvalue weighted by molar-refractivity contribution is 0.0701. The van der Waals surface area contributed by atoms with Crippen LogP contribution in [0.5, 0.6) is 5.75 Å². The van der Waals surface area contributed by atoms with Gasteiger partial charge in [0.1, 0.15) is 5.75 Å². The Morgan fingerprint density at radius 2 is 2.00 bits per heavy atom. The Kier molecular flexibility index (Phi) is 4.13. The maximum Gasteiger partial charge on any atom is 0.379 e. The van der Waals surface area contributed by atoms with Crippen LogP contribution in [-0.2, 0) is 0 Å². The van der Waals surface area contributed by atoms with Crippen molar-refractivity contribution >= 4 is 18.2 Å². The topological polar surface area (TPSA) is 107 Å². The van der Waals surface area contributed by atoms with Gasteiger partial charge in [-0.2, -0.15) is 5.10 Å². The van der Waals surface area contributed by atoms with Gasteiger partial charge in [0.05, 0.1) is 12.5 Å². The van der Waals surface area contributed by atoms with Gasteiger partial charge in [-0.05, 0) is 42.0 Å². The Labute approximate surface area is 114 Å². The number of amides is 2. The van der Waals surface area contributed by atoms with Crippen LogP contribution >= 0.6 is 0 Å². The van der Waals surface area contributed by atoms with Crippen LogP contribution < -0.4 is 15.9 Å². The number of furan rings is 1. The molecule has 0 bridgehead atoms. The van der Waals surface area contributed by atoms with E-state index in [1.165, 1.54) is 18.5 Å². The third-order valence-electron chi connectivity index (χ3n) is 2.20. The number of ether oxygens (including phenoxy) is 1. The minimum atomic E-state index is -0.745. The fraction of sp³-hybridized carbons (Fsp3) is 0. The predicted molar refractivity (Wildman–Crippen MR) is 70.4 cm³/mol. The second kappa shape index (κ2) is 6.19. The van der Waals surface area contributed by atoms with Gasteiger partial charge in [-0.3, -0.25) is 0 Å². The highest BCUT2D eigenvalue weighted by atomic mass is 16.5. The van der Waals surface area contributed by atoms with E-state index < -0.39 is 12.0 Å². The second-order valence-corrected chi connectivity index (χ2v) is 3.67. The van der Waals surface area contributed by atoms with Crippen molar-refractivity contribution in [3.8, 4) is 5.75 Å². The summed E-state index contributed by atoms with van der Waals surface area (Å²) in [6.07, 6.45) is 2.80. The first-order valence-electron chi connectivity index (χ1n) is 5.59. The van der Waals surface area contributed by atoms with Crippen molar-refractivity contribution in [2.24, 2.45) is 10.8 Å². The highest BCUT2D eigenvalue weighted by molar-refractivity contribution is 5.88. The van der Waals surface area contributed by atoms with E-state index in [4.69, 9.17) is 14.9 Å². The van der Waals surface area contributed by atoms with Gasteiger partial charge < -0.3 is 14.9 Å². The molecule has 0 fully saturated rings. The van der Waals surface area contributed by atoms with E-state index >= 15 is 0 Å². The molecule has 0 radical (unpaired) electrons. The largest absolute Gasteiger partial charge is 0.457 e. The molecule has 2 amide bonds. The molecule has 0 aliphatic heterocycles. The van der Waals surface area contributed by atoms with Crippen LogP contribution in [0.4, 0.5) is 4.79 Å². The van der Waals surface area contributed by atoms with Gasteiger partial charge in [0.15, 0.2) is 0 Å². The van der Waals surface area contributed by atoms with Crippen molar-refractivity contribution in [1.82, 2.24) is 5.43 Å². The molecule has 2 rings (SSSR count). The molecular formula is C13H11N3O4. The van der Waals surface area contributed by atoms with Crippen molar-refractivity contribution < 1.29 is 18.7 Å². The van der Waals surface area contributed by atoms with E-state index in [-0.39, 0.29) is 5.76 Å². The van der Waals surface area contributed by atoms with E-state index in [1.807, 2.05) is 0 Å². The molecule has 1 aromatic heterocycles. The standard InChI is InChI=1S/C13H11N3O4/c14-13(18)16-15-8-9-3-5-10(6-4-9)20-12(17)11-2-1-7-19-11/h1-8H,(H3,14,16,18). The molecule has 1 aromatic carbocycles. The van der Waals surface area contributed by atoms with Crippen LogP contribution in [-0.4, -0.2) is 18.2 Å². The van der Waals surface area contributed by atoms with Crippen LogP contribution in [0.3, 0.4) is 0 Å². The fourth-order valence-electron chi connectivity index (χ4n) is 1.34. The highest BCUT2D eigenvalue weighted by Gasteiger charge is 2.10. The SMILES string of the molecule is NC(=O)NN=Cc1ccc(OC(=O)c2ccco2)cc1. The summed E-state index contributed by atoms with van der Waals surface area (Å²) in [5.41, 5.74) is 7.63. The Morgan fingerprint density at radius 3 is 2.60 bits per heavy atom. The van der Waals surface area contributed by atoms with Gasteiger partial charge in [-0.25, -0.2) is 15.0 Å². The van der Waals surface area contributed by atoms with Gasteiger partial charge in [0.2, 0.25) is 5.76 Å². The van der Waals surface area contributed by atoms with Crippen LogP contribution in [0.1, 0.15) is 16.1 Å². The first-order valence-corrected chi connectivity index (χ1v) is 5.59. The molecule has 2 aromatic rings. The van der Waals surface area contributed by atoms with Crippen molar-refractivity contribution in [2.45, 2.75) is 0 Å². The summed E-state index contributed by atoms with van der Waals surface area (Å²) < 4.78 is 10.0. The second-order valence-electron chi connectivity index (χ2n) is 3.67. The summed E-state index contributed by atoms with van der Waals surface area (Å²) in [5.74, 6) is -0.0838. The normalized spacial score (nSPS) is 10.4. The minimum absolute atomic E-state index is 0.126. The number of nitrogens with one attached hydrogen (secondary N) is 1. The zero-order valence-corrected chi connectivity index (χ0v) is 10.3. The number of carbonyl (C=O) groups excluding carboxylic acids is 2. The Morgan fingerprint density at radius 1 is 1.25 bits per heavy atom. The zero-order valence-electron chi connectivity index (χ0n) is 10.3. The number of esters is 1. The lowest BCUT2D eigenvalue weighted by Crippen LogP contribution is -2.24. The Balaban J connectivity index is 1.96. The molecule has 7 heteroatoms. The van der Waals surface area contributed by atoms with E-state index in [0.717, 1.165) is 0 Å². The predicted octanol–water partition coefficient (Wildman–Crippen LogP) is 1.50. The van der Waals surface area contributed by atoms with Crippen molar-refractivity contribution in [3.63, 3.8) is 0 Å². The molecule has 3 N–H and O–H groups in total. The number of hydrogen-bond acceptors (Lipinski definition) is 5. The van der Waals surface area contributed by atoms with Gasteiger partial charge in [0, 0.05) is 0 Å². The summed E-state index contributed by atoms with van der Waals surface area (Å²) in [5, 5.41) is 3.60. The molecule has 0 spiro atoms. The fourth-order valence-corrected chi connectivity index (χ4v) is 1.34. The maximum atomic E-state index is 11.6. The van der Waals surface area contributed by atoms with Gasteiger partial charge in [-0.1, -0.05) is 0 Å². The number of nitrogens with zero attached hydrogens (tertiary/aromatic N) is 1. The molecular weight excluding hydrogens is 262 g/mol. The van der Waals surface area contributed by atoms with E-state index in [0.29, 0.717) is 11.3 Å². The minimum Gasteiger partial charge on any atom is -0.457 e. The number of urea groups is 1. The van der Waals surface area contributed by atoms with Crippen molar-refractivity contribution in [2.75, 3.05) is 0 Å². The summed E-state index contributed by atoms with van der Waals surface area (Å²) in [7, 11) is 0. The van der Waals surface area contributed by atoms with Crippen LogP contribution in [0, 0.1) is 0 Å². The van der Waals surface area contributed by atoms with Gasteiger partial charge in [-0.15, -0.1) is 0 Å². The third-order valence-corrected chi connectivity index (χ3v) is 2.20. The summed E-state index contributed by atoms with van der Waals surface area (Å²) in [4.78, 5) is 22.0. The van der Waals surface area contributed by atoms with E-state index in [2.05, 4.69) is 10.5 Å². The molecule has 0 atom stereocenters. The summed E-state index contributed by atoms with van der Waals surface area (Å²) in [6.45, 7) is 0. The number of hydrogen-bond donors (Lipinski definition) is 2. The van der Waals surface area contributed by atoms with Gasteiger partial charge >= 0.3 is 12.0 Å². The number of rotatable bonds is 4. The molecule has 7 nitrogen and oxygen atoms in total. The third kappa shape index (κ3) is 3.70. The van der Waals surface area contributed by atoms with E-state index in [1.54, 1.807) is 30.3 Å². The first-order chi connectivity index (χ1) is 9.65. The molecule has 0 aliphatic carbocycles. The lowest BCUT2D eigenvalue weighted by atomic mass is 10.2. The van der Waals surface area contributed by atoms with Gasteiger partial charge in [0.25, 0.3) is 0 Å². The summed E-state index contributed by atoms with van der Waals surface area (Å²) in [6, 6.07) is 8.87. The van der Waals surface area contributed by atoms with Crippen molar-refractivity contribution in [3.05, 3.63) is 54.0 Å². The average Bonchev–Trinajstić information content (AvgIpc) is 2.94. The summed E-state index contributed by atoms with van der Waals surface area (Å²) >= 11 is 0. The molecule has 0 aliphatic rings. The Bertz CT molecular complexity index is 618. The number of primary amides is 1. The molecule has 0 unspecified atom stereocenters. The monoisotopic (exact) mass is 273 g/mol. The molecule has 0 saturated heterocycles. The number of benzene rings is 1. The smallest absolute Gasteiger partial charge is 0.379 e. The van der Waals surface area contributed by atoms with E-state index in [9.17, 15) is 9.59 Å². The number of hydrazone groups is 1. The molecule has 1 heterocycles. The number of carbonyl (C=O) groups is 2.